The first-order valence-electron chi connectivity index (χ1n) is 10.5. The lowest BCUT2D eigenvalue weighted by atomic mass is 10.0. The topological polar surface area (TPSA) is 130 Å². The summed E-state index contributed by atoms with van der Waals surface area (Å²) in [5.74, 6) is -1.22. The predicted octanol–water partition coefficient (Wildman–Crippen LogP) is 2.09. The number of carbonyl (C=O) groups is 4. The van der Waals surface area contributed by atoms with Gasteiger partial charge in [0, 0.05) is 32.8 Å². The van der Waals surface area contributed by atoms with Crippen LogP contribution in [0.5, 0.6) is 0 Å². The van der Waals surface area contributed by atoms with Crippen molar-refractivity contribution in [2.24, 2.45) is 0 Å². The molecule has 194 valence electrons. The van der Waals surface area contributed by atoms with E-state index in [9.17, 15) is 19.2 Å². The quantitative estimate of drug-likeness (QED) is 0.138. The molecular formula is C22H36N2O10. The average molecular weight is 489 g/mol. The Morgan fingerprint density at radius 1 is 0.853 bits per heavy atom. The van der Waals surface area contributed by atoms with Crippen LogP contribution >= 0.6 is 0 Å². The van der Waals surface area contributed by atoms with Crippen LogP contribution in [0.3, 0.4) is 0 Å². The van der Waals surface area contributed by atoms with E-state index < -0.39 is 35.8 Å². The third-order valence-corrected chi connectivity index (χ3v) is 4.08. The summed E-state index contributed by atoms with van der Waals surface area (Å²) in [5.41, 5.74) is -1.01. The van der Waals surface area contributed by atoms with Crippen molar-refractivity contribution < 1.29 is 47.6 Å². The van der Waals surface area contributed by atoms with Gasteiger partial charge in [-0.2, -0.15) is 0 Å². The summed E-state index contributed by atoms with van der Waals surface area (Å²) in [4.78, 5) is 49.8. The fraction of sp³-hybridized carbons (Fsp3) is 0.636. The van der Waals surface area contributed by atoms with Gasteiger partial charge < -0.3 is 28.4 Å². The number of rotatable bonds is 16. The first kappa shape index (κ1) is 30.9. The molecular weight excluding hydrogens is 452 g/mol. The van der Waals surface area contributed by atoms with E-state index in [0.717, 1.165) is 12.2 Å². The standard InChI is InChI=1S/C22H36N2O10/c1-8-18(25)31-12-10-23(15-29-6)20(27)33-17(3)14-22(4,5)34-21(28)24(16-30-7)11-13-32-19(26)9-2/h8-9,17H,1-2,10-16H2,3-7H3. The number of amides is 2. The highest BCUT2D eigenvalue weighted by molar-refractivity contribution is 5.81. The maximum atomic E-state index is 12.6. The minimum absolute atomic E-state index is 0.0509. The van der Waals surface area contributed by atoms with E-state index in [2.05, 4.69) is 13.2 Å². The van der Waals surface area contributed by atoms with Gasteiger partial charge in [-0.3, -0.25) is 9.80 Å². The number of nitrogens with zero attached hydrogens (tertiary/aromatic N) is 2. The molecule has 0 aromatic carbocycles. The summed E-state index contributed by atoms with van der Waals surface area (Å²) < 4.78 is 30.7. The molecule has 0 aromatic rings. The first-order valence-corrected chi connectivity index (χ1v) is 10.5. The van der Waals surface area contributed by atoms with E-state index in [0.29, 0.717) is 0 Å². The normalized spacial score (nSPS) is 11.6. The van der Waals surface area contributed by atoms with E-state index in [4.69, 9.17) is 28.4 Å². The van der Waals surface area contributed by atoms with Crippen LogP contribution in [0.15, 0.2) is 25.3 Å². The molecule has 34 heavy (non-hydrogen) atoms. The second kappa shape index (κ2) is 16.5. The van der Waals surface area contributed by atoms with Gasteiger partial charge in [0.05, 0.1) is 13.1 Å². The molecule has 1 unspecified atom stereocenters. The number of carbonyl (C=O) groups excluding carboxylic acids is 4. The molecule has 0 aromatic heterocycles. The molecule has 0 saturated heterocycles. The first-order chi connectivity index (χ1) is 16.0. The molecule has 0 aliphatic carbocycles. The monoisotopic (exact) mass is 488 g/mol. The number of ether oxygens (including phenoxy) is 6. The van der Waals surface area contributed by atoms with Crippen LogP contribution in [-0.4, -0.2) is 99.6 Å². The second-order valence-electron chi connectivity index (χ2n) is 7.63. The van der Waals surface area contributed by atoms with Crippen molar-refractivity contribution in [3.05, 3.63) is 25.3 Å². The molecule has 0 heterocycles. The van der Waals surface area contributed by atoms with Crippen LogP contribution in [0.4, 0.5) is 9.59 Å². The van der Waals surface area contributed by atoms with Gasteiger partial charge >= 0.3 is 24.1 Å². The second-order valence-corrected chi connectivity index (χ2v) is 7.63. The fourth-order valence-electron chi connectivity index (χ4n) is 2.68. The summed E-state index contributed by atoms with van der Waals surface area (Å²) in [5, 5.41) is 0. The molecule has 2 amide bonds. The van der Waals surface area contributed by atoms with Crippen molar-refractivity contribution >= 4 is 24.1 Å². The van der Waals surface area contributed by atoms with Crippen molar-refractivity contribution in [3.63, 3.8) is 0 Å². The van der Waals surface area contributed by atoms with Crippen molar-refractivity contribution in [2.45, 2.75) is 38.9 Å². The zero-order valence-corrected chi connectivity index (χ0v) is 20.6. The highest BCUT2D eigenvalue weighted by Gasteiger charge is 2.30. The van der Waals surface area contributed by atoms with E-state index >= 15 is 0 Å². The van der Waals surface area contributed by atoms with Gasteiger partial charge in [-0.1, -0.05) is 13.2 Å². The van der Waals surface area contributed by atoms with Gasteiger partial charge in [0.25, 0.3) is 0 Å². The molecule has 0 N–H and O–H groups in total. The summed E-state index contributed by atoms with van der Waals surface area (Å²) in [6.45, 7) is 11.4. The number of hydrogen-bond acceptors (Lipinski definition) is 10. The average Bonchev–Trinajstić information content (AvgIpc) is 2.76. The van der Waals surface area contributed by atoms with Crippen LogP contribution in [0, 0.1) is 0 Å². The lowest BCUT2D eigenvalue weighted by Crippen LogP contribution is -2.43. The SMILES string of the molecule is C=CC(=O)OCCN(COC)C(=O)OC(C)CC(C)(C)OC(=O)N(CCOC(=O)C=C)COC. The minimum atomic E-state index is -1.01. The highest BCUT2D eigenvalue weighted by Crippen LogP contribution is 2.20. The fourth-order valence-corrected chi connectivity index (χ4v) is 2.68. The number of methoxy groups -OCH3 is 2. The van der Waals surface area contributed by atoms with Crippen LogP contribution in [0.2, 0.25) is 0 Å². The summed E-state index contributed by atoms with van der Waals surface area (Å²) in [7, 11) is 2.82. The van der Waals surface area contributed by atoms with Crippen molar-refractivity contribution in [2.75, 3.05) is 54.0 Å². The van der Waals surface area contributed by atoms with Crippen LogP contribution in [0.1, 0.15) is 27.2 Å². The van der Waals surface area contributed by atoms with Crippen LogP contribution < -0.4 is 0 Å². The molecule has 0 rings (SSSR count). The minimum Gasteiger partial charge on any atom is -0.461 e. The molecule has 0 saturated carbocycles. The Hall–Kier alpha value is -3.12. The largest absolute Gasteiger partial charge is 0.461 e. The van der Waals surface area contributed by atoms with Crippen molar-refractivity contribution in [1.82, 2.24) is 9.80 Å². The Bertz CT molecular complexity index is 695. The van der Waals surface area contributed by atoms with Gasteiger partial charge in [0.2, 0.25) is 0 Å². The molecule has 12 nitrogen and oxygen atoms in total. The van der Waals surface area contributed by atoms with Gasteiger partial charge in [-0.25, -0.2) is 19.2 Å². The molecule has 12 heteroatoms. The highest BCUT2D eigenvalue weighted by atomic mass is 16.6. The summed E-state index contributed by atoms with van der Waals surface area (Å²) >= 11 is 0. The zero-order chi connectivity index (χ0) is 26.1. The van der Waals surface area contributed by atoms with Gasteiger partial charge in [-0.05, 0) is 20.8 Å². The third-order valence-electron chi connectivity index (χ3n) is 4.08. The Morgan fingerprint density at radius 2 is 1.29 bits per heavy atom. The zero-order valence-electron chi connectivity index (χ0n) is 20.6. The lowest BCUT2D eigenvalue weighted by molar-refractivity contribution is -0.139. The molecule has 0 radical (unpaired) electrons. The molecule has 1 atom stereocenters. The van der Waals surface area contributed by atoms with E-state index in [1.807, 2.05) is 0 Å². The smallest absolute Gasteiger partial charge is 0.412 e. The van der Waals surface area contributed by atoms with E-state index in [-0.39, 0.29) is 46.2 Å². The van der Waals surface area contributed by atoms with Crippen molar-refractivity contribution in [1.29, 1.82) is 0 Å². The number of esters is 2. The van der Waals surface area contributed by atoms with E-state index in [1.165, 1.54) is 24.0 Å². The van der Waals surface area contributed by atoms with Gasteiger partial charge in [-0.15, -0.1) is 0 Å². The van der Waals surface area contributed by atoms with Crippen LogP contribution in [-0.2, 0) is 38.0 Å². The molecule has 0 spiro atoms. The Kier molecular flexibility index (Phi) is 15.0. The van der Waals surface area contributed by atoms with Gasteiger partial charge in [0.15, 0.2) is 0 Å². The van der Waals surface area contributed by atoms with Crippen molar-refractivity contribution in [3.8, 4) is 0 Å². The molecule has 0 aliphatic rings. The number of hydrogen-bond donors (Lipinski definition) is 0. The van der Waals surface area contributed by atoms with Gasteiger partial charge in [0.1, 0.15) is 38.4 Å². The lowest BCUT2D eigenvalue weighted by Gasteiger charge is -2.32. The predicted molar refractivity (Wildman–Crippen MR) is 121 cm³/mol. The Balaban J connectivity index is 4.82. The maximum Gasteiger partial charge on any atom is 0.412 e. The maximum absolute atomic E-state index is 12.6. The Labute approximate surface area is 200 Å². The summed E-state index contributed by atoms with van der Waals surface area (Å²) in [6.07, 6.45) is 0.220. The summed E-state index contributed by atoms with van der Waals surface area (Å²) in [6, 6.07) is 0. The Morgan fingerprint density at radius 3 is 1.71 bits per heavy atom. The third kappa shape index (κ3) is 13.4. The molecule has 0 bridgehead atoms. The molecule has 0 fully saturated rings. The van der Waals surface area contributed by atoms with E-state index in [1.54, 1.807) is 20.8 Å². The molecule has 0 aliphatic heterocycles. The van der Waals surface area contributed by atoms with Crippen LogP contribution in [0.25, 0.3) is 0 Å².